The zero-order chi connectivity index (χ0) is 18.1. The molecule has 1 aromatic heterocycles. The molecule has 0 radical (unpaired) electrons. The number of nitrogens with one attached hydrogen (secondary N) is 1. The zero-order valence-corrected chi connectivity index (χ0v) is 14.6. The Morgan fingerprint density at radius 1 is 1.20 bits per heavy atom. The minimum absolute atomic E-state index is 0.121. The fourth-order valence-electron chi connectivity index (χ4n) is 2.55. The number of hydrogen-bond acceptors (Lipinski definition) is 5. The molecule has 0 aliphatic rings. The number of nitrogens with zero attached hydrogens (tertiary/aromatic N) is 1. The molecule has 0 saturated carbocycles. The molecule has 0 fully saturated rings. The van der Waals surface area contributed by atoms with Gasteiger partial charge in [-0.15, -0.1) is 0 Å². The highest BCUT2D eigenvalue weighted by atomic mass is 16.5. The summed E-state index contributed by atoms with van der Waals surface area (Å²) in [6.07, 6.45) is 1.57. The highest BCUT2D eigenvalue weighted by molar-refractivity contribution is 5.78. The second-order valence-electron chi connectivity index (χ2n) is 5.94. The van der Waals surface area contributed by atoms with Crippen LogP contribution in [0.3, 0.4) is 0 Å². The van der Waals surface area contributed by atoms with Crippen molar-refractivity contribution in [3.8, 4) is 0 Å². The van der Waals surface area contributed by atoms with Crippen molar-refractivity contribution in [3.05, 3.63) is 60.1 Å². The number of ether oxygens (including phenoxy) is 1. The third kappa shape index (κ3) is 6.43. The highest BCUT2D eigenvalue weighted by Gasteiger charge is 2.20. The molecule has 0 unspecified atom stereocenters. The van der Waals surface area contributed by atoms with E-state index in [2.05, 4.69) is 5.32 Å². The smallest absolute Gasteiger partial charge is 0.309 e. The molecule has 1 N–H and O–H groups in total. The molecular weight excluding hydrogens is 320 g/mol. The van der Waals surface area contributed by atoms with E-state index in [9.17, 15) is 9.59 Å². The van der Waals surface area contributed by atoms with Gasteiger partial charge in [0, 0.05) is 13.1 Å². The summed E-state index contributed by atoms with van der Waals surface area (Å²) >= 11 is 0. The Labute approximate surface area is 147 Å². The summed E-state index contributed by atoms with van der Waals surface area (Å²) in [4.78, 5) is 25.9. The fourth-order valence-corrected chi connectivity index (χ4v) is 2.55. The average Bonchev–Trinajstić information content (AvgIpc) is 3.13. The van der Waals surface area contributed by atoms with Gasteiger partial charge in [-0.2, -0.15) is 0 Å². The number of amides is 1. The average molecular weight is 344 g/mol. The number of furan rings is 1. The molecule has 2 rings (SSSR count). The van der Waals surface area contributed by atoms with Crippen molar-refractivity contribution < 1.29 is 18.7 Å². The number of rotatable bonds is 9. The van der Waals surface area contributed by atoms with E-state index in [1.54, 1.807) is 25.3 Å². The van der Waals surface area contributed by atoms with Gasteiger partial charge in [-0.05, 0) is 17.7 Å². The Balaban J connectivity index is 1.94. The first kappa shape index (κ1) is 18.7. The van der Waals surface area contributed by atoms with Crippen LogP contribution in [0.15, 0.2) is 53.1 Å². The first-order valence-corrected chi connectivity index (χ1v) is 8.21. The highest BCUT2D eigenvalue weighted by Crippen LogP contribution is 2.09. The van der Waals surface area contributed by atoms with Crippen LogP contribution in [0.4, 0.5) is 0 Å². The van der Waals surface area contributed by atoms with Crippen molar-refractivity contribution in [2.24, 2.45) is 5.92 Å². The Kier molecular flexibility index (Phi) is 7.22. The minimum atomic E-state index is -0.313. The second-order valence-corrected chi connectivity index (χ2v) is 5.94. The van der Waals surface area contributed by atoms with Gasteiger partial charge >= 0.3 is 5.97 Å². The molecule has 2 aromatic rings. The predicted molar refractivity (Wildman–Crippen MR) is 93.5 cm³/mol. The molecule has 0 spiro atoms. The molecule has 1 atom stereocenters. The van der Waals surface area contributed by atoms with Gasteiger partial charge in [0.2, 0.25) is 5.91 Å². The molecular formula is C19H24N2O4. The van der Waals surface area contributed by atoms with E-state index in [-0.39, 0.29) is 24.3 Å². The Morgan fingerprint density at radius 2 is 1.96 bits per heavy atom. The first-order chi connectivity index (χ1) is 12.1. The Hall–Kier alpha value is -2.60. The molecule has 134 valence electrons. The summed E-state index contributed by atoms with van der Waals surface area (Å²) in [6, 6.07) is 13.4. The van der Waals surface area contributed by atoms with E-state index in [0.29, 0.717) is 25.4 Å². The molecule has 1 heterocycles. The van der Waals surface area contributed by atoms with Crippen molar-refractivity contribution in [1.29, 1.82) is 0 Å². The normalized spacial score (nSPS) is 12.0. The van der Waals surface area contributed by atoms with Crippen molar-refractivity contribution >= 4 is 11.9 Å². The minimum Gasteiger partial charge on any atom is -0.469 e. The van der Waals surface area contributed by atoms with Gasteiger partial charge in [0.15, 0.2) is 0 Å². The lowest BCUT2D eigenvalue weighted by molar-refractivity contribution is -0.145. The van der Waals surface area contributed by atoms with Crippen molar-refractivity contribution in [1.82, 2.24) is 10.2 Å². The molecule has 0 aliphatic carbocycles. The molecule has 1 amide bonds. The predicted octanol–water partition coefficient (Wildman–Crippen LogP) is 2.21. The summed E-state index contributed by atoms with van der Waals surface area (Å²) in [5, 5.41) is 2.83. The van der Waals surface area contributed by atoms with Crippen molar-refractivity contribution in [2.45, 2.75) is 20.0 Å². The lowest BCUT2D eigenvalue weighted by Crippen LogP contribution is -2.40. The van der Waals surface area contributed by atoms with Crippen LogP contribution in [0.1, 0.15) is 18.2 Å². The van der Waals surface area contributed by atoms with Gasteiger partial charge in [0.25, 0.3) is 0 Å². The van der Waals surface area contributed by atoms with Gasteiger partial charge in [-0.25, -0.2) is 0 Å². The number of carbonyl (C=O) groups excluding carboxylic acids is 2. The van der Waals surface area contributed by atoms with Crippen LogP contribution in [-0.2, 0) is 27.4 Å². The summed E-state index contributed by atoms with van der Waals surface area (Å²) in [5.41, 5.74) is 1.08. The lowest BCUT2D eigenvalue weighted by Gasteiger charge is -2.24. The Bertz CT molecular complexity index is 655. The quantitative estimate of drug-likeness (QED) is 0.706. The van der Waals surface area contributed by atoms with Crippen LogP contribution in [0.5, 0.6) is 0 Å². The molecule has 0 bridgehead atoms. The maximum atomic E-state index is 12.2. The maximum Gasteiger partial charge on any atom is 0.309 e. The summed E-state index contributed by atoms with van der Waals surface area (Å²) in [6.45, 7) is 3.35. The van der Waals surface area contributed by atoms with Crippen LogP contribution in [-0.4, -0.2) is 37.0 Å². The van der Waals surface area contributed by atoms with Gasteiger partial charge in [-0.1, -0.05) is 37.3 Å². The molecule has 1 aromatic carbocycles. The van der Waals surface area contributed by atoms with Gasteiger partial charge in [0.05, 0.1) is 32.4 Å². The number of esters is 1. The summed E-state index contributed by atoms with van der Waals surface area (Å²) < 4.78 is 9.99. The number of methoxy groups -OCH3 is 1. The van der Waals surface area contributed by atoms with Crippen LogP contribution in [0, 0.1) is 5.92 Å². The van der Waals surface area contributed by atoms with Crippen molar-refractivity contribution in [2.75, 3.05) is 20.2 Å². The SMILES string of the molecule is COC(=O)[C@@H](C)CN(CC(=O)NCc1ccco1)Cc1ccccc1. The largest absolute Gasteiger partial charge is 0.469 e. The van der Waals surface area contributed by atoms with Gasteiger partial charge in [-0.3, -0.25) is 14.5 Å². The van der Waals surface area contributed by atoms with Crippen LogP contribution >= 0.6 is 0 Å². The van der Waals surface area contributed by atoms with E-state index in [1.807, 2.05) is 35.2 Å². The third-order valence-corrected chi connectivity index (χ3v) is 3.79. The maximum absolute atomic E-state index is 12.2. The number of hydrogen-bond donors (Lipinski definition) is 1. The lowest BCUT2D eigenvalue weighted by atomic mass is 10.1. The van der Waals surface area contributed by atoms with Crippen LogP contribution in [0.25, 0.3) is 0 Å². The first-order valence-electron chi connectivity index (χ1n) is 8.21. The molecule has 6 nitrogen and oxygen atoms in total. The molecule has 25 heavy (non-hydrogen) atoms. The number of benzene rings is 1. The van der Waals surface area contributed by atoms with Crippen molar-refractivity contribution in [3.63, 3.8) is 0 Å². The van der Waals surface area contributed by atoms with Crippen LogP contribution < -0.4 is 5.32 Å². The zero-order valence-electron chi connectivity index (χ0n) is 14.6. The number of carbonyl (C=O) groups is 2. The third-order valence-electron chi connectivity index (χ3n) is 3.79. The Morgan fingerprint density at radius 3 is 2.60 bits per heavy atom. The van der Waals surface area contributed by atoms with E-state index in [0.717, 1.165) is 5.56 Å². The standard InChI is InChI=1S/C19H24N2O4/c1-15(19(23)24-2)12-21(13-16-7-4-3-5-8-16)14-18(22)20-11-17-9-6-10-25-17/h3-10,15H,11-14H2,1-2H3,(H,20,22)/t15-/m0/s1. The van der Waals surface area contributed by atoms with E-state index in [1.165, 1.54) is 7.11 Å². The fraction of sp³-hybridized carbons (Fsp3) is 0.368. The van der Waals surface area contributed by atoms with E-state index < -0.39 is 0 Å². The summed E-state index contributed by atoms with van der Waals surface area (Å²) in [7, 11) is 1.37. The monoisotopic (exact) mass is 344 g/mol. The van der Waals surface area contributed by atoms with Gasteiger partial charge < -0.3 is 14.5 Å². The molecule has 6 heteroatoms. The summed E-state index contributed by atoms with van der Waals surface area (Å²) in [5.74, 6) is -0.0177. The molecule has 0 aliphatic heterocycles. The molecule has 0 saturated heterocycles. The van der Waals surface area contributed by atoms with E-state index in [4.69, 9.17) is 9.15 Å². The topological polar surface area (TPSA) is 71.8 Å². The van der Waals surface area contributed by atoms with Crippen LogP contribution in [0.2, 0.25) is 0 Å². The second kappa shape index (κ2) is 9.64. The van der Waals surface area contributed by atoms with Gasteiger partial charge in [0.1, 0.15) is 5.76 Å². The van der Waals surface area contributed by atoms with E-state index >= 15 is 0 Å².